The second-order valence-electron chi connectivity index (χ2n) is 13.0. The third kappa shape index (κ3) is 7.60. The van der Waals surface area contributed by atoms with Gasteiger partial charge in [0, 0.05) is 32.0 Å². The maximum absolute atomic E-state index is 13.6. The molecule has 4 N–H and O–H groups in total. The summed E-state index contributed by atoms with van der Waals surface area (Å²) in [6.45, 7) is 15.3. The first-order chi connectivity index (χ1) is 17.3. The van der Waals surface area contributed by atoms with Crippen molar-refractivity contribution in [3.63, 3.8) is 0 Å². The van der Waals surface area contributed by atoms with Gasteiger partial charge in [-0.1, -0.05) is 20.8 Å². The van der Waals surface area contributed by atoms with Gasteiger partial charge in [0.15, 0.2) is 4.11 Å². The van der Waals surface area contributed by atoms with Crippen molar-refractivity contribution in [3.05, 3.63) is 0 Å². The van der Waals surface area contributed by atoms with Crippen LogP contribution >= 0.6 is 22.6 Å². The fraction of sp³-hybridized carbons (Fsp3) is 0.964. The van der Waals surface area contributed by atoms with Crippen molar-refractivity contribution in [2.45, 2.75) is 126 Å². The summed E-state index contributed by atoms with van der Waals surface area (Å²) in [6, 6.07) is -0.419. The van der Waals surface area contributed by atoms with Gasteiger partial charge in [0.25, 0.3) is 0 Å². The molecule has 9 nitrogen and oxygen atoms in total. The van der Waals surface area contributed by atoms with Crippen molar-refractivity contribution in [1.29, 1.82) is 0 Å². The Hall–Kier alpha value is -0.0800. The first-order valence-corrected chi connectivity index (χ1v) is 15.1. The van der Waals surface area contributed by atoms with E-state index < -0.39 is 63.3 Å². The highest BCUT2D eigenvalue weighted by atomic mass is 127. The number of halogens is 1. The fourth-order valence-corrected chi connectivity index (χ4v) is 7.38. The minimum absolute atomic E-state index is 0.106. The monoisotopic (exact) mass is 657 g/mol. The first kappa shape index (κ1) is 34.1. The Morgan fingerprint density at radius 2 is 1.58 bits per heavy atom. The Bertz CT molecular complexity index is 797. The normalized spacial score (nSPS) is 51.1. The number of hydrogen-bond acceptors (Lipinski definition) is 9. The Morgan fingerprint density at radius 1 is 1.00 bits per heavy atom. The zero-order valence-corrected chi connectivity index (χ0v) is 27.0. The standard InChI is InChI=1S/C28H52INO8/c1-15-11-26(6,34)12-16(2)21(20-13-27(7,36-10)23(32)19(5)37-20)17(3)24(33)38-25(29)28(8,35)22(31)18(4)30(9)14-15/h15-23,25,31-32,34-35H,11-14H2,1-10H3/t15-,16-,17-,18-,19+,20?,21+,22-,23+,25+,26-,27-,28+/m1/s1. The van der Waals surface area contributed by atoms with E-state index in [9.17, 15) is 25.2 Å². The van der Waals surface area contributed by atoms with Gasteiger partial charge < -0.3 is 39.5 Å². The largest absolute Gasteiger partial charge is 0.448 e. The van der Waals surface area contributed by atoms with Crippen LogP contribution in [0.3, 0.4) is 0 Å². The van der Waals surface area contributed by atoms with E-state index in [1.165, 1.54) is 6.92 Å². The number of likely N-dealkylation sites (N-methyl/N-ethyl adjacent to an activating group) is 1. The average Bonchev–Trinajstić information content (AvgIpc) is 2.79. The quantitative estimate of drug-likeness (QED) is 0.201. The molecule has 13 atom stereocenters. The van der Waals surface area contributed by atoms with Crippen LogP contribution in [-0.4, -0.2) is 103 Å². The molecule has 0 saturated carbocycles. The molecule has 2 fully saturated rings. The van der Waals surface area contributed by atoms with Crippen molar-refractivity contribution in [1.82, 2.24) is 4.90 Å². The Labute approximate surface area is 242 Å². The number of aliphatic hydroxyl groups excluding tert-OH is 2. The van der Waals surface area contributed by atoms with E-state index in [4.69, 9.17) is 14.2 Å². The molecular weight excluding hydrogens is 605 g/mol. The summed E-state index contributed by atoms with van der Waals surface area (Å²) in [5, 5.41) is 44.6. The van der Waals surface area contributed by atoms with E-state index in [0.717, 1.165) is 0 Å². The average molecular weight is 658 g/mol. The second kappa shape index (κ2) is 12.8. The van der Waals surface area contributed by atoms with E-state index in [1.54, 1.807) is 21.0 Å². The third-order valence-electron chi connectivity index (χ3n) is 9.15. The molecule has 0 aromatic rings. The molecule has 38 heavy (non-hydrogen) atoms. The maximum atomic E-state index is 13.6. The van der Waals surface area contributed by atoms with Crippen LogP contribution < -0.4 is 0 Å². The van der Waals surface area contributed by atoms with Crippen LogP contribution in [0.5, 0.6) is 0 Å². The summed E-state index contributed by atoms with van der Waals surface area (Å²) >= 11 is 1.87. The maximum Gasteiger partial charge on any atom is 0.310 e. The summed E-state index contributed by atoms with van der Waals surface area (Å²) < 4.78 is 16.8. The van der Waals surface area contributed by atoms with Gasteiger partial charge in [0.1, 0.15) is 17.8 Å². The van der Waals surface area contributed by atoms with E-state index >= 15 is 0 Å². The van der Waals surface area contributed by atoms with E-state index in [0.29, 0.717) is 25.8 Å². The van der Waals surface area contributed by atoms with Crippen LogP contribution in [0, 0.1) is 23.7 Å². The molecule has 224 valence electrons. The molecule has 0 aromatic carbocycles. The van der Waals surface area contributed by atoms with Gasteiger partial charge in [-0.15, -0.1) is 0 Å². The van der Waals surface area contributed by atoms with Gasteiger partial charge in [0.2, 0.25) is 0 Å². The van der Waals surface area contributed by atoms with Crippen LogP contribution in [-0.2, 0) is 19.0 Å². The lowest BCUT2D eigenvalue weighted by Gasteiger charge is -2.49. The smallest absolute Gasteiger partial charge is 0.310 e. The van der Waals surface area contributed by atoms with Gasteiger partial charge >= 0.3 is 5.97 Å². The molecule has 1 unspecified atom stereocenters. The number of methoxy groups -OCH3 is 1. The number of cyclic esters (lactones) is 1. The van der Waals surface area contributed by atoms with Crippen molar-refractivity contribution in [3.8, 4) is 0 Å². The minimum Gasteiger partial charge on any atom is -0.448 e. The van der Waals surface area contributed by atoms with Crippen molar-refractivity contribution in [2.75, 3.05) is 20.7 Å². The molecule has 0 amide bonds. The minimum atomic E-state index is -1.70. The molecule has 10 heteroatoms. The number of alkyl halides is 1. The van der Waals surface area contributed by atoms with Crippen molar-refractivity contribution >= 4 is 28.6 Å². The zero-order valence-electron chi connectivity index (χ0n) is 24.8. The molecule has 0 aromatic heterocycles. The van der Waals surface area contributed by atoms with Crippen LogP contribution in [0.1, 0.15) is 74.7 Å². The molecular formula is C28H52INO8. The van der Waals surface area contributed by atoms with Gasteiger partial charge in [-0.2, -0.15) is 0 Å². The predicted molar refractivity (Wildman–Crippen MR) is 154 cm³/mol. The van der Waals surface area contributed by atoms with Crippen LogP contribution in [0.15, 0.2) is 0 Å². The van der Waals surface area contributed by atoms with Crippen LogP contribution in [0.4, 0.5) is 0 Å². The summed E-state index contributed by atoms with van der Waals surface area (Å²) in [6.07, 6.45) is -1.64. The molecule has 2 aliphatic rings. The van der Waals surface area contributed by atoms with E-state index in [2.05, 4.69) is 6.92 Å². The fourth-order valence-electron chi connectivity index (χ4n) is 6.76. The lowest BCUT2D eigenvalue weighted by molar-refractivity contribution is -0.233. The number of ether oxygens (including phenoxy) is 3. The Kier molecular flexibility index (Phi) is 11.5. The molecule has 2 aliphatic heterocycles. The van der Waals surface area contributed by atoms with Gasteiger partial charge in [0.05, 0.1) is 29.3 Å². The summed E-state index contributed by atoms with van der Waals surface area (Å²) in [4.78, 5) is 15.5. The molecule has 2 rings (SSSR count). The predicted octanol–water partition coefficient (Wildman–Crippen LogP) is 2.74. The second-order valence-corrected chi connectivity index (χ2v) is 14.1. The molecule has 0 radical (unpaired) electrons. The number of carbonyl (C=O) groups is 1. The van der Waals surface area contributed by atoms with E-state index in [1.807, 2.05) is 62.2 Å². The van der Waals surface area contributed by atoms with Gasteiger partial charge in [-0.05, 0) is 88.9 Å². The highest BCUT2D eigenvalue weighted by Crippen LogP contribution is 2.43. The highest BCUT2D eigenvalue weighted by Gasteiger charge is 2.51. The summed E-state index contributed by atoms with van der Waals surface area (Å²) in [5.74, 6) is -1.57. The van der Waals surface area contributed by atoms with Gasteiger partial charge in [-0.3, -0.25) is 4.79 Å². The Morgan fingerprint density at radius 3 is 2.13 bits per heavy atom. The number of nitrogens with zero attached hydrogens (tertiary/aromatic N) is 1. The number of esters is 1. The number of aliphatic hydroxyl groups is 4. The molecule has 0 aliphatic carbocycles. The lowest BCUT2D eigenvalue weighted by Crippen LogP contribution is -2.59. The van der Waals surface area contributed by atoms with Crippen LogP contribution in [0.2, 0.25) is 0 Å². The Balaban J connectivity index is 2.52. The molecule has 0 bridgehead atoms. The number of rotatable bonds is 2. The topological polar surface area (TPSA) is 129 Å². The molecule has 0 spiro atoms. The van der Waals surface area contributed by atoms with Crippen LogP contribution in [0.25, 0.3) is 0 Å². The van der Waals surface area contributed by atoms with Gasteiger partial charge in [-0.25, -0.2) is 0 Å². The summed E-state index contributed by atoms with van der Waals surface area (Å²) in [7, 11) is 3.44. The SMILES string of the molecule is CO[C@]1(C)CC([C@H]2[C@H](C)C[C@](C)(O)C[C@@H](C)CN(C)[C@H](C)[C@@H](O)[C@](C)(O)[C@@H](I)OC(=O)[C@@H]2C)O[C@@H](C)[C@@H]1O. The number of hydrogen-bond donors (Lipinski definition) is 4. The highest BCUT2D eigenvalue weighted by molar-refractivity contribution is 14.1. The summed E-state index contributed by atoms with van der Waals surface area (Å²) in [5.41, 5.74) is -3.57. The van der Waals surface area contributed by atoms with E-state index in [-0.39, 0.29) is 17.8 Å². The molecule has 2 saturated heterocycles. The van der Waals surface area contributed by atoms with Crippen molar-refractivity contribution < 1.29 is 39.4 Å². The first-order valence-electron chi connectivity index (χ1n) is 13.8. The third-order valence-corrected chi connectivity index (χ3v) is 10.7. The number of carbonyl (C=O) groups excluding carboxylic acids is 1. The zero-order chi connectivity index (χ0) is 29.4. The molecule has 2 heterocycles. The lowest BCUT2D eigenvalue weighted by atomic mass is 9.70. The van der Waals surface area contributed by atoms with Crippen molar-refractivity contribution in [2.24, 2.45) is 23.7 Å².